The van der Waals surface area contributed by atoms with E-state index in [1.807, 2.05) is 0 Å². The summed E-state index contributed by atoms with van der Waals surface area (Å²) in [6, 6.07) is 18.1. The molecule has 2 aromatic carbocycles. The lowest BCUT2D eigenvalue weighted by molar-refractivity contribution is 0.718. The molecule has 1 nitrogen and oxygen atoms in total. The third-order valence-electron chi connectivity index (χ3n) is 7.18. The largest absolute Gasteiger partial charge is 0.316 e. The zero-order valence-corrected chi connectivity index (χ0v) is 20.2. The topological polar surface area (TPSA) is 12.0 Å². The van der Waals surface area contributed by atoms with Gasteiger partial charge in [0.25, 0.3) is 0 Å². The molecule has 1 N–H and O–H groups in total. The Morgan fingerprint density at radius 3 is 1.32 bits per heavy atom. The molecule has 0 unspecified atom stereocenters. The number of thiocarbonyl (C=S) groups is 2. The van der Waals surface area contributed by atoms with Crippen molar-refractivity contribution >= 4 is 34.2 Å². The van der Waals surface area contributed by atoms with Gasteiger partial charge in [0.2, 0.25) is 0 Å². The van der Waals surface area contributed by atoms with Gasteiger partial charge in [0, 0.05) is 22.8 Å². The van der Waals surface area contributed by atoms with Gasteiger partial charge in [-0.3, -0.25) is 0 Å². The zero-order chi connectivity index (χ0) is 21.5. The number of rotatable bonds is 10. The van der Waals surface area contributed by atoms with E-state index in [9.17, 15) is 0 Å². The Bertz CT molecular complexity index is 783. The summed E-state index contributed by atoms with van der Waals surface area (Å²) in [5.74, 6) is 1.54. The van der Waals surface area contributed by atoms with Crippen LogP contribution in [0.25, 0.3) is 0 Å². The van der Waals surface area contributed by atoms with Crippen molar-refractivity contribution < 1.29 is 0 Å². The third kappa shape index (κ3) is 6.31. The lowest BCUT2D eigenvalue weighted by Gasteiger charge is -2.12. The number of nitrogens with one attached hydrogen (secondary N) is 1. The second kappa shape index (κ2) is 11.4. The summed E-state index contributed by atoms with van der Waals surface area (Å²) in [5.41, 5.74) is 5.40. The van der Waals surface area contributed by atoms with Gasteiger partial charge in [-0.1, -0.05) is 98.6 Å². The summed E-state index contributed by atoms with van der Waals surface area (Å²) in [6.45, 7) is 1.82. The molecule has 0 saturated heterocycles. The molecule has 164 valence electrons. The lowest BCUT2D eigenvalue weighted by Crippen LogP contribution is -2.21. The monoisotopic (exact) mass is 449 g/mol. The summed E-state index contributed by atoms with van der Waals surface area (Å²) >= 11 is 11.3. The average Bonchev–Trinajstić information content (AvgIpc) is 3.53. The fraction of sp³-hybridized carbons (Fsp3) is 0.500. The smallest absolute Gasteiger partial charge is 0.0237 e. The zero-order valence-electron chi connectivity index (χ0n) is 18.6. The van der Waals surface area contributed by atoms with E-state index in [2.05, 4.69) is 53.8 Å². The van der Waals surface area contributed by atoms with Crippen molar-refractivity contribution in [2.75, 3.05) is 13.1 Å². The average molecular weight is 450 g/mol. The summed E-state index contributed by atoms with van der Waals surface area (Å²) in [4.78, 5) is 2.10. The van der Waals surface area contributed by atoms with Gasteiger partial charge in [-0.05, 0) is 72.6 Å². The molecule has 2 fully saturated rings. The molecule has 2 aliphatic rings. The molecule has 0 heterocycles. The van der Waals surface area contributed by atoms with E-state index < -0.39 is 0 Å². The standard InChI is InChI=1S/C28H35NS2/c30-27(25-13-9-23(10-14-25)21-5-1-2-6-21)17-19-29-20-18-28(31)26-15-11-24(12-16-26)22-7-3-4-8-22/h9-16,21-22,29H,1-8,17-20H2. The highest BCUT2D eigenvalue weighted by Gasteiger charge is 2.17. The quantitative estimate of drug-likeness (QED) is 0.229. The Kier molecular flexibility index (Phi) is 8.40. The van der Waals surface area contributed by atoms with E-state index in [-0.39, 0.29) is 0 Å². The van der Waals surface area contributed by atoms with Gasteiger partial charge < -0.3 is 5.32 Å². The normalized spacial score (nSPS) is 17.3. The van der Waals surface area contributed by atoms with Crippen molar-refractivity contribution in [3.05, 3.63) is 70.8 Å². The van der Waals surface area contributed by atoms with Gasteiger partial charge in [0.1, 0.15) is 0 Å². The first-order valence-corrected chi connectivity index (χ1v) is 13.0. The molecule has 0 atom stereocenters. The van der Waals surface area contributed by atoms with E-state index >= 15 is 0 Å². The fourth-order valence-corrected chi connectivity index (χ4v) is 5.69. The summed E-state index contributed by atoms with van der Waals surface area (Å²) < 4.78 is 0. The molecular weight excluding hydrogens is 414 g/mol. The SMILES string of the molecule is S=C(CCNCCC(=S)c1ccc(C2CCCC2)cc1)c1ccc(C2CCCC2)cc1. The molecule has 0 aliphatic heterocycles. The van der Waals surface area contributed by atoms with Crippen LogP contribution in [-0.4, -0.2) is 22.8 Å². The highest BCUT2D eigenvalue weighted by Crippen LogP contribution is 2.35. The Morgan fingerprint density at radius 2 is 0.968 bits per heavy atom. The third-order valence-corrected chi connectivity index (χ3v) is 8.06. The molecule has 0 aromatic heterocycles. The highest BCUT2D eigenvalue weighted by atomic mass is 32.1. The molecular formula is C28H35NS2. The number of benzene rings is 2. The van der Waals surface area contributed by atoms with Gasteiger partial charge in [-0.2, -0.15) is 0 Å². The van der Waals surface area contributed by atoms with Crippen LogP contribution in [-0.2, 0) is 0 Å². The second-order valence-electron chi connectivity index (χ2n) is 9.30. The van der Waals surface area contributed by atoms with Gasteiger partial charge in [0.05, 0.1) is 0 Å². The highest BCUT2D eigenvalue weighted by molar-refractivity contribution is 7.81. The molecule has 31 heavy (non-hydrogen) atoms. The van der Waals surface area contributed by atoms with E-state index in [0.29, 0.717) is 0 Å². The summed E-state index contributed by atoms with van der Waals surface area (Å²) in [5, 5.41) is 3.52. The van der Waals surface area contributed by atoms with Crippen LogP contribution in [0.15, 0.2) is 48.5 Å². The minimum absolute atomic E-state index is 0.770. The molecule has 2 saturated carbocycles. The molecule has 4 rings (SSSR count). The first-order chi connectivity index (χ1) is 15.2. The first kappa shape index (κ1) is 22.8. The van der Waals surface area contributed by atoms with Gasteiger partial charge in [-0.25, -0.2) is 0 Å². The van der Waals surface area contributed by atoms with Crippen LogP contribution in [0.5, 0.6) is 0 Å². The molecule has 2 aliphatic carbocycles. The van der Waals surface area contributed by atoms with Crippen molar-refractivity contribution in [2.24, 2.45) is 0 Å². The molecule has 0 amide bonds. The Balaban J connectivity index is 1.15. The van der Waals surface area contributed by atoms with Crippen LogP contribution in [0.3, 0.4) is 0 Å². The number of hydrogen-bond acceptors (Lipinski definition) is 3. The van der Waals surface area contributed by atoms with Crippen LogP contribution < -0.4 is 5.32 Å². The maximum Gasteiger partial charge on any atom is 0.0237 e. The molecule has 3 heteroatoms. The van der Waals surface area contributed by atoms with Crippen LogP contribution in [0.1, 0.15) is 98.3 Å². The van der Waals surface area contributed by atoms with E-state index in [1.54, 1.807) is 0 Å². The fourth-order valence-electron chi connectivity index (χ4n) is 5.22. The second-order valence-corrected chi connectivity index (χ2v) is 10.3. The van der Waals surface area contributed by atoms with Crippen molar-refractivity contribution in [2.45, 2.75) is 76.0 Å². The Morgan fingerprint density at radius 1 is 0.613 bits per heavy atom. The minimum atomic E-state index is 0.770. The van der Waals surface area contributed by atoms with Gasteiger partial charge in [-0.15, -0.1) is 0 Å². The van der Waals surface area contributed by atoms with Crippen LogP contribution in [0.4, 0.5) is 0 Å². The van der Waals surface area contributed by atoms with Crippen molar-refractivity contribution in [3.8, 4) is 0 Å². The summed E-state index contributed by atoms with van der Waals surface area (Å²) in [7, 11) is 0. The van der Waals surface area contributed by atoms with Crippen LogP contribution >= 0.6 is 24.4 Å². The van der Waals surface area contributed by atoms with Crippen molar-refractivity contribution in [3.63, 3.8) is 0 Å². The van der Waals surface area contributed by atoms with Crippen molar-refractivity contribution in [1.82, 2.24) is 5.32 Å². The van der Waals surface area contributed by atoms with Gasteiger partial charge >= 0.3 is 0 Å². The minimum Gasteiger partial charge on any atom is -0.316 e. The van der Waals surface area contributed by atoms with Crippen molar-refractivity contribution in [1.29, 1.82) is 0 Å². The Labute approximate surface area is 199 Å². The van der Waals surface area contributed by atoms with E-state index in [1.165, 1.54) is 73.6 Å². The molecule has 0 radical (unpaired) electrons. The predicted molar refractivity (Wildman–Crippen MR) is 141 cm³/mol. The van der Waals surface area contributed by atoms with Gasteiger partial charge in [0.15, 0.2) is 0 Å². The first-order valence-electron chi connectivity index (χ1n) is 12.2. The Hall–Kier alpha value is -1.42. The summed E-state index contributed by atoms with van der Waals surface area (Å²) in [6.07, 6.45) is 12.7. The number of hydrogen-bond donors (Lipinski definition) is 1. The maximum atomic E-state index is 5.67. The molecule has 0 spiro atoms. The lowest BCUT2D eigenvalue weighted by atomic mass is 9.96. The van der Waals surface area contributed by atoms with Crippen LogP contribution in [0.2, 0.25) is 0 Å². The van der Waals surface area contributed by atoms with E-state index in [0.717, 1.165) is 47.5 Å². The molecule has 0 bridgehead atoms. The maximum absolute atomic E-state index is 5.67. The predicted octanol–water partition coefficient (Wildman–Crippen LogP) is 7.51. The van der Waals surface area contributed by atoms with E-state index in [4.69, 9.17) is 24.4 Å². The van der Waals surface area contributed by atoms with Crippen LogP contribution in [0, 0.1) is 0 Å². The molecule has 2 aromatic rings.